The summed E-state index contributed by atoms with van der Waals surface area (Å²) in [6, 6.07) is 4.32. The zero-order chi connectivity index (χ0) is 31.2. The summed E-state index contributed by atoms with van der Waals surface area (Å²) in [6.45, 7) is 8.75. The molecule has 14 heteroatoms. The first-order valence-corrected chi connectivity index (χ1v) is 14.9. The summed E-state index contributed by atoms with van der Waals surface area (Å²) in [5.74, 6) is -1.14. The maximum Gasteiger partial charge on any atom is 0.416 e. The van der Waals surface area contributed by atoms with Crippen molar-refractivity contribution in [3.05, 3.63) is 64.7 Å². The number of nitrogens with zero attached hydrogens (tertiary/aromatic N) is 3. The van der Waals surface area contributed by atoms with Gasteiger partial charge >= 0.3 is 6.18 Å². The highest BCUT2D eigenvalue weighted by atomic mass is 32.2. The van der Waals surface area contributed by atoms with Gasteiger partial charge in [-0.2, -0.15) is 13.2 Å². The standard InChI is InChI=1S/C29H27F3N4O6S/c1-13-11-35(12-14(2)41-13)28(38)21-9-18(29(30,31)32)10-23-25(21)20-7-17(24-15(3)34-42-16(24)4)8-22(27(33)37)26(20)36(23)43(39,40)19-5-6-19/h7-10,14,19H,1,5-6,11-12H2,2-4H3,(H2,33,37)/t14-/m0/s1. The number of halogens is 3. The molecule has 0 radical (unpaired) electrons. The number of nitrogens with two attached hydrogens (primary N) is 1. The second kappa shape index (κ2) is 9.59. The summed E-state index contributed by atoms with van der Waals surface area (Å²) >= 11 is 0. The van der Waals surface area contributed by atoms with Crippen LogP contribution < -0.4 is 5.73 Å². The molecule has 3 heterocycles. The molecule has 226 valence electrons. The maximum absolute atomic E-state index is 14.3. The highest BCUT2D eigenvalue weighted by molar-refractivity contribution is 7.91. The van der Waals surface area contributed by atoms with E-state index in [1.54, 1.807) is 20.8 Å². The molecule has 43 heavy (non-hydrogen) atoms. The Hall–Kier alpha value is -4.33. The van der Waals surface area contributed by atoms with Gasteiger partial charge in [0.25, 0.3) is 11.8 Å². The Morgan fingerprint density at radius 1 is 1.12 bits per heavy atom. The molecule has 6 rings (SSSR count). The minimum atomic E-state index is -4.93. The number of hydrogen-bond acceptors (Lipinski definition) is 7. The predicted octanol–water partition coefficient (Wildman–Crippen LogP) is 4.90. The Bertz CT molecular complexity index is 1970. The third-order valence-corrected chi connectivity index (χ3v) is 9.97. The number of primary amides is 1. The molecule has 2 amide bonds. The predicted molar refractivity (Wildman–Crippen MR) is 151 cm³/mol. The number of alkyl halides is 3. The molecule has 0 spiro atoms. The van der Waals surface area contributed by atoms with E-state index in [0.29, 0.717) is 47.6 Å². The zero-order valence-electron chi connectivity index (χ0n) is 23.4. The van der Waals surface area contributed by atoms with Crippen molar-refractivity contribution in [2.45, 2.75) is 51.1 Å². The maximum atomic E-state index is 14.3. The number of rotatable bonds is 5. The highest BCUT2D eigenvalue weighted by Gasteiger charge is 2.42. The van der Waals surface area contributed by atoms with Crippen molar-refractivity contribution < 1.29 is 40.4 Å². The van der Waals surface area contributed by atoms with Crippen LogP contribution in [-0.4, -0.2) is 58.7 Å². The van der Waals surface area contributed by atoms with Crippen LogP contribution in [0.1, 0.15) is 57.5 Å². The van der Waals surface area contributed by atoms with Gasteiger partial charge in [0.1, 0.15) is 17.6 Å². The van der Waals surface area contributed by atoms with Gasteiger partial charge < -0.3 is 19.9 Å². The van der Waals surface area contributed by atoms with E-state index in [1.807, 2.05) is 0 Å². The van der Waals surface area contributed by atoms with E-state index in [-0.39, 0.29) is 51.8 Å². The molecule has 0 bridgehead atoms. The van der Waals surface area contributed by atoms with Gasteiger partial charge in [0, 0.05) is 16.3 Å². The Kier molecular flexibility index (Phi) is 6.42. The number of carbonyl (C=O) groups is 2. The van der Waals surface area contributed by atoms with Crippen LogP contribution in [0.3, 0.4) is 0 Å². The van der Waals surface area contributed by atoms with Gasteiger partial charge in [0.2, 0.25) is 10.0 Å². The summed E-state index contributed by atoms with van der Waals surface area (Å²) in [5, 5.41) is 3.09. The van der Waals surface area contributed by atoms with Crippen LogP contribution in [0.2, 0.25) is 0 Å². The zero-order valence-corrected chi connectivity index (χ0v) is 24.2. The molecule has 1 atom stereocenters. The lowest BCUT2D eigenvalue weighted by atomic mass is 9.95. The van der Waals surface area contributed by atoms with Crippen LogP contribution in [0.15, 0.2) is 41.1 Å². The average molecular weight is 617 g/mol. The number of ether oxygens (including phenoxy) is 1. The molecular formula is C29H27F3N4O6S. The van der Waals surface area contributed by atoms with Crippen LogP contribution in [0.25, 0.3) is 32.9 Å². The summed E-state index contributed by atoms with van der Waals surface area (Å²) in [6.07, 6.45) is -4.81. The van der Waals surface area contributed by atoms with Crippen LogP contribution >= 0.6 is 0 Å². The lowest BCUT2D eigenvalue weighted by Gasteiger charge is -2.33. The van der Waals surface area contributed by atoms with Crippen molar-refractivity contribution in [3.63, 3.8) is 0 Å². The van der Waals surface area contributed by atoms with Crippen molar-refractivity contribution in [2.24, 2.45) is 5.73 Å². The second-order valence-corrected chi connectivity index (χ2v) is 13.1. The summed E-state index contributed by atoms with van der Waals surface area (Å²) in [7, 11) is -4.31. The van der Waals surface area contributed by atoms with E-state index in [4.69, 9.17) is 15.0 Å². The molecular weight excluding hydrogens is 589 g/mol. The topological polar surface area (TPSA) is 138 Å². The first-order chi connectivity index (χ1) is 20.1. The summed E-state index contributed by atoms with van der Waals surface area (Å²) < 4.78 is 82.3. The Labute approximate surface area is 243 Å². The second-order valence-electron chi connectivity index (χ2n) is 11.1. The van der Waals surface area contributed by atoms with Gasteiger partial charge in [-0.15, -0.1) is 0 Å². The fourth-order valence-corrected chi connectivity index (χ4v) is 7.74. The molecule has 2 N–H and O–H groups in total. The molecule has 1 saturated carbocycles. The number of benzene rings is 2. The van der Waals surface area contributed by atoms with Crippen molar-refractivity contribution in [1.82, 2.24) is 14.0 Å². The van der Waals surface area contributed by atoms with Crippen molar-refractivity contribution >= 4 is 43.6 Å². The van der Waals surface area contributed by atoms with Gasteiger partial charge in [0.05, 0.1) is 51.8 Å². The Balaban J connectivity index is 1.80. The van der Waals surface area contributed by atoms with Crippen LogP contribution in [0, 0.1) is 13.8 Å². The van der Waals surface area contributed by atoms with E-state index in [2.05, 4.69) is 11.7 Å². The molecule has 1 aliphatic heterocycles. The van der Waals surface area contributed by atoms with Crippen LogP contribution in [0.5, 0.6) is 0 Å². The van der Waals surface area contributed by atoms with Crippen molar-refractivity contribution in [2.75, 3.05) is 13.1 Å². The average Bonchev–Trinajstić information content (AvgIpc) is 3.65. The fraction of sp³-hybridized carbons (Fsp3) is 0.345. The molecule has 1 saturated heterocycles. The summed E-state index contributed by atoms with van der Waals surface area (Å²) in [4.78, 5) is 28.3. The van der Waals surface area contributed by atoms with E-state index >= 15 is 0 Å². The number of fused-ring (bicyclic) bond motifs is 3. The molecule has 2 aromatic carbocycles. The van der Waals surface area contributed by atoms with E-state index in [9.17, 15) is 31.2 Å². The quantitative estimate of drug-likeness (QED) is 0.337. The van der Waals surface area contributed by atoms with Crippen molar-refractivity contribution in [3.8, 4) is 11.1 Å². The van der Waals surface area contributed by atoms with Crippen molar-refractivity contribution in [1.29, 1.82) is 0 Å². The van der Waals surface area contributed by atoms with Gasteiger partial charge in [-0.3, -0.25) is 9.59 Å². The molecule has 2 fully saturated rings. The van der Waals surface area contributed by atoms with Gasteiger partial charge in [-0.25, -0.2) is 12.4 Å². The SMILES string of the molecule is C=C1CN(C(=O)c2cc(C(F)(F)F)cc3c2c2cc(-c4c(C)noc4C)cc(C(N)=O)c2n3S(=O)(=O)C2CC2)C[C@H](C)O1. The molecule has 10 nitrogen and oxygen atoms in total. The summed E-state index contributed by atoms with van der Waals surface area (Å²) in [5.41, 5.74) is 4.69. The molecule has 2 aliphatic rings. The number of carbonyl (C=O) groups excluding carboxylic acids is 2. The molecule has 1 aliphatic carbocycles. The Morgan fingerprint density at radius 2 is 1.81 bits per heavy atom. The van der Waals surface area contributed by atoms with Gasteiger partial charge in [-0.05, 0) is 63.4 Å². The molecule has 4 aromatic rings. The monoisotopic (exact) mass is 616 g/mol. The third-order valence-electron chi connectivity index (χ3n) is 7.76. The number of morpholine rings is 1. The number of aromatic nitrogens is 2. The minimum Gasteiger partial charge on any atom is -0.492 e. The van der Waals surface area contributed by atoms with Crippen LogP contribution in [-0.2, 0) is 20.9 Å². The Morgan fingerprint density at radius 3 is 2.37 bits per heavy atom. The highest BCUT2D eigenvalue weighted by Crippen LogP contribution is 2.44. The smallest absolute Gasteiger partial charge is 0.416 e. The first kappa shape index (κ1) is 28.8. The largest absolute Gasteiger partial charge is 0.492 e. The van der Waals surface area contributed by atoms with E-state index in [0.717, 1.165) is 3.97 Å². The normalized spacial score (nSPS) is 18.0. The molecule has 2 aromatic heterocycles. The molecule has 0 unspecified atom stereocenters. The van der Waals surface area contributed by atoms with Crippen LogP contribution in [0.4, 0.5) is 13.2 Å². The minimum absolute atomic E-state index is 0.0573. The lowest BCUT2D eigenvalue weighted by molar-refractivity contribution is -0.137. The lowest BCUT2D eigenvalue weighted by Crippen LogP contribution is -2.43. The van der Waals surface area contributed by atoms with Gasteiger partial charge in [0.15, 0.2) is 0 Å². The van der Waals surface area contributed by atoms with E-state index in [1.165, 1.54) is 17.0 Å². The number of amides is 2. The third kappa shape index (κ3) is 4.64. The van der Waals surface area contributed by atoms with Gasteiger partial charge in [-0.1, -0.05) is 11.7 Å². The first-order valence-electron chi connectivity index (χ1n) is 13.4. The van der Waals surface area contributed by atoms with E-state index < -0.39 is 44.9 Å². The number of aryl methyl sites for hydroxylation is 2. The fourth-order valence-electron chi connectivity index (χ4n) is 5.85. The number of hydrogen-bond donors (Lipinski definition) is 1.